The number of benzene rings is 1. The Morgan fingerprint density at radius 2 is 1.90 bits per heavy atom. The van der Waals surface area contributed by atoms with Crippen molar-refractivity contribution in [3.63, 3.8) is 0 Å². The summed E-state index contributed by atoms with van der Waals surface area (Å²) < 4.78 is 10.2. The molecule has 0 aliphatic rings. The minimum absolute atomic E-state index is 0.0518. The molecule has 0 saturated carbocycles. The van der Waals surface area contributed by atoms with Gasteiger partial charge in [-0.25, -0.2) is 4.79 Å². The van der Waals surface area contributed by atoms with Crippen LogP contribution in [0.15, 0.2) is 18.2 Å². The Labute approximate surface area is 124 Å². The van der Waals surface area contributed by atoms with Gasteiger partial charge >= 0.3 is 5.97 Å². The van der Waals surface area contributed by atoms with E-state index in [-0.39, 0.29) is 13.2 Å². The van der Waals surface area contributed by atoms with Crippen LogP contribution in [0.1, 0.15) is 22.8 Å². The number of carbonyl (C=O) groups excluding carboxylic acids is 1. The number of esters is 1. The van der Waals surface area contributed by atoms with Crippen LogP contribution in [0.25, 0.3) is 0 Å². The molecule has 1 rings (SSSR count). The zero-order chi connectivity index (χ0) is 15.7. The van der Waals surface area contributed by atoms with Gasteiger partial charge in [-0.3, -0.25) is 0 Å². The molecule has 118 valence electrons. The van der Waals surface area contributed by atoms with Crippen molar-refractivity contribution in [3.05, 3.63) is 29.3 Å². The molecule has 0 unspecified atom stereocenters. The van der Waals surface area contributed by atoms with Gasteiger partial charge in [-0.2, -0.15) is 0 Å². The van der Waals surface area contributed by atoms with Gasteiger partial charge in [0.25, 0.3) is 0 Å². The smallest absolute Gasteiger partial charge is 0.341 e. The molecule has 6 heteroatoms. The summed E-state index contributed by atoms with van der Waals surface area (Å²) in [7, 11) is 1.33. The van der Waals surface area contributed by atoms with E-state index in [0.29, 0.717) is 37.6 Å². The highest BCUT2D eigenvalue weighted by Crippen LogP contribution is 2.21. The normalized spacial score (nSPS) is 10.7. The van der Waals surface area contributed by atoms with Crippen molar-refractivity contribution >= 4 is 5.97 Å². The second kappa shape index (κ2) is 9.33. The summed E-state index contributed by atoms with van der Waals surface area (Å²) in [6, 6.07) is 5.37. The van der Waals surface area contributed by atoms with E-state index in [1.54, 1.807) is 12.1 Å². The highest BCUT2D eigenvalue weighted by atomic mass is 16.5. The lowest BCUT2D eigenvalue weighted by atomic mass is 10.1. The summed E-state index contributed by atoms with van der Waals surface area (Å²) in [4.78, 5) is 12.9. The number of methoxy groups -OCH3 is 1. The molecule has 0 bridgehead atoms. The Balaban J connectivity index is 2.95. The monoisotopic (exact) mass is 298 g/mol. The van der Waals surface area contributed by atoms with Gasteiger partial charge in [-0.05, 0) is 25.1 Å². The average Bonchev–Trinajstić information content (AvgIpc) is 2.48. The molecule has 1 aromatic rings. The molecule has 21 heavy (non-hydrogen) atoms. The highest BCUT2D eigenvalue weighted by Gasteiger charge is 2.16. The largest absolute Gasteiger partial charge is 0.493 e. The molecule has 0 atom stereocenters. The number of aliphatic hydroxyl groups excluding tert-OH is 2. The van der Waals surface area contributed by atoms with Crippen molar-refractivity contribution in [1.29, 1.82) is 0 Å². The summed E-state index contributed by atoms with van der Waals surface area (Å²) in [5, 5.41) is 18.1. The SMILES string of the molecule is CCOc1ccc(C[NH+](CCO)CCO)cc1C(=O)OC. The molecule has 0 fully saturated rings. The van der Waals surface area contributed by atoms with E-state index in [1.807, 2.05) is 13.0 Å². The number of hydrogen-bond donors (Lipinski definition) is 3. The van der Waals surface area contributed by atoms with Gasteiger partial charge in [0.15, 0.2) is 0 Å². The Kier molecular flexibility index (Phi) is 7.74. The Morgan fingerprint density at radius 1 is 1.24 bits per heavy atom. The quantitative estimate of drug-likeness (QED) is 0.522. The summed E-state index contributed by atoms with van der Waals surface area (Å²) in [5.74, 6) is 0.0603. The lowest BCUT2D eigenvalue weighted by Crippen LogP contribution is -3.11. The van der Waals surface area contributed by atoms with E-state index >= 15 is 0 Å². The van der Waals surface area contributed by atoms with Gasteiger partial charge in [0.2, 0.25) is 0 Å². The maximum absolute atomic E-state index is 11.8. The van der Waals surface area contributed by atoms with Crippen molar-refractivity contribution in [2.75, 3.05) is 40.0 Å². The number of nitrogens with one attached hydrogen (secondary N) is 1. The van der Waals surface area contributed by atoms with Crippen molar-refractivity contribution < 1.29 is 29.4 Å². The van der Waals surface area contributed by atoms with E-state index in [9.17, 15) is 4.79 Å². The van der Waals surface area contributed by atoms with Gasteiger partial charge in [0.05, 0.1) is 26.9 Å². The molecule has 0 saturated heterocycles. The number of aliphatic hydroxyl groups is 2. The fraction of sp³-hybridized carbons (Fsp3) is 0.533. The molecule has 3 N–H and O–H groups in total. The first-order valence-corrected chi connectivity index (χ1v) is 7.05. The molecule has 0 amide bonds. The average molecular weight is 298 g/mol. The van der Waals surface area contributed by atoms with Crippen LogP contribution in [0, 0.1) is 0 Å². The second-order valence-electron chi connectivity index (χ2n) is 4.63. The summed E-state index contributed by atoms with van der Waals surface area (Å²) >= 11 is 0. The first kappa shape index (κ1) is 17.4. The van der Waals surface area contributed by atoms with Crippen molar-refractivity contribution in [1.82, 2.24) is 0 Å². The zero-order valence-electron chi connectivity index (χ0n) is 12.6. The number of hydrogen-bond acceptors (Lipinski definition) is 5. The van der Waals surface area contributed by atoms with Gasteiger partial charge in [0.1, 0.15) is 30.9 Å². The maximum atomic E-state index is 11.8. The molecule has 6 nitrogen and oxygen atoms in total. The van der Waals surface area contributed by atoms with Gasteiger partial charge < -0.3 is 24.6 Å². The van der Waals surface area contributed by atoms with Crippen LogP contribution >= 0.6 is 0 Å². The second-order valence-corrected chi connectivity index (χ2v) is 4.63. The summed E-state index contributed by atoms with van der Waals surface area (Å²) in [6.45, 7) is 4.12. The highest BCUT2D eigenvalue weighted by molar-refractivity contribution is 5.92. The third-order valence-electron chi connectivity index (χ3n) is 3.13. The van der Waals surface area contributed by atoms with Crippen molar-refractivity contribution in [2.45, 2.75) is 13.5 Å². The lowest BCUT2D eigenvalue weighted by molar-refractivity contribution is -0.914. The van der Waals surface area contributed by atoms with Crippen LogP contribution in [-0.2, 0) is 11.3 Å². The fourth-order valence-electron chi connectivity index (χ4n) is 2.14. The molecule has 0 radical (unpaired) electrons. The van der Waals surface area contributed by atoms with Gasteiger partial charge in [-0.15, -0.1) is 0 Å². The Hall–Kier alpha value is -1.63. The first-order valence-electron chi connectivity index (χ1n) is 7.05. The van der Waals surface area contributed by atoms with Crippen molar-refractivity contribution in [2.24, 2.45) is 0 Å². The molecule has 0 aliphatic carbocycles. The van der Waals surface area contributed by atoms with Crippen LogP contribution in [-0.4, -0.2) is 56.2 Å². The number of quaternary nitrogens is 1. The van der Waals surface area contributed by atoms with Crippen LogP contribution in [0.3, 0.4) is 0 Å². The number of rotatable bonds is 9. The third kappa shape index (κ3) is 5.34. The number of ether oxygens (including phenoxy) is 2. The molecular formula is C15H24NO5+. The van der Waals surface area contributed by atoms with Gasteiger partial charge in [-0.1, -0.05) is 0 Å². The van der Waals surface area contributed by atoms with Crippen LogP contribution in [0.2, 0.25) is 0 Å². The molecule has 0 heterocycles. The predicted molar refractivity (Wildman–Crippen MR) is 77.5 cm³/mol. The Morgan fingerprint density at radius 3 is 2.43 bits per heavy atom. The van der Waals surface area contributed by atoms with E-state index in [2.05, 4.69) is 0 Å². The predicted octanol–water partition coefficient (Wildman–Crippen LogP) is -0.759. The van der Waals surface area contributed by atoms with Gasteiger partial charge in [0, 0.05) is 5.56 Å². The van der Waals surface area contributed by atoms with Crippen LogP contribution in [0.4, 0.5) is 0 Å². The third-order valence-corrected chi connectivity index (χ3v) is 3.13. The lowest BCUT2D eigenvalue weighted by Gasteiger charge is -2.18. The van der Waals surface area contributed by atoms with Crippen LogP contribution < -0.4 is 9.64 Å². The first-order chi connectivity index (χ1) is 10.2. The van der Waals surface area contributed by atoms with Crippen LogP contribution in [0.5, 0.6) is 5.75 Å². The molecular weight excluding hydrogens is 274 g/mol. The maximum Gasteiger partial charge on any atom is 0.341 e. The number of carbonyl (C=O) groups is 1. The minimum atomic E-state index is -0.439. The Bertz CT molecular complexity index is 444. The zero-order valence-corrected chi connectivity index (χ0v) is 12.6. The molecule has 0 aliphatic heterocycles. The minimum Gasteiger partial charge on any atom is -0.493 e. The summed E-state index contributed by atoms with van der Waals surface area (Å²) in [5.41, 5.74) is 1.32. The summed E-state index contributed by atoms with van der Waals surface area (Å²) in [6.07, 6.45) is 0. The van der Waals surface area contributed by atoms with E-state index in [4.69, 9.17) is 19.7 Å². The molecule has 1 aromatic carbocycles. The van der Waals surface area contributed by atoms with Crippen molar-refractivity contribution in [3.8, 4) is 5.75 Å². The van der Waals surface area contributed by atoms with E-state index < -0.39 is 5.97 Å². The molecule has 0 spiro atoms. The topological polar surface area (TPSA) is 80.4 Å². The standard InChI is InChI=1S/C15H23NO5/c1-3-21-14-5-4-12(10-13(14)15(19)20-2)11-16(6-8-17)7-9-18/h4-5,10,17-18H,3,6-9,11H2,1-2H3/p+1. The fourth-order valence-corrected chi connectivity index (χ4v) is 2.14. The molecule has 0 aromatic heterocycles. The van der Waals surface area contributed by atoms with E-state index in [0.717, 1.165) is 10.5 Å². The van der Waals surface area contributed by atoms with E-state index in [1.165, 1.54) is 7.11 Å².